The number of carbonyl (C=O) groups is 1. The molecule has 3 aromatic rings. The first-order valence-corrected chi connectivity index (χ1v) is 14.4. The summed E-state index contributed by atoms with van der Waals surface area (Å²) in [4.78, 5) is 21.8. The minimum absolute atomic E-state index is 0.0193. The number of fused-ring (bicyclic) bond motifs is 1. The Labute approximate surface area is 218 Å². The van der Waals surface area contributed by atoms with Crippen molar-refractivity contribution in [2.24, 2.45) is 0 Å². The van der Waals surface area contributed by atoms with Gasteiger partial charge in [0.25, 0.3) is 0 Å². The van der Waals surface area contributed by atoms with Gasteiger partial charge in [-0.15, -0.1) is 0 Å². The highest BCUT2D eigenvalue weighted by molar-refractivity contribution is 7.89. The molecule has 0 N–H and O–H groups in total. The molecule has 1 saturated heterocycles. The van der Waals surface area contributed by atoms with Gasteiger partial charge in [-0.05, 0) is 56.3 Å². The van der Waals surface area contributed by atoms with Crippen molar-refractivity contribution in [1.29, 1.82) is 0 Å². The third kappa shape index (κ3) is 5.40. The van der Waals surface area contributed by atoms with Crippen molar-refractivity contribution in [3.8, 4) is 0 Å². The predicted octanol–water partition coefficient (Wildman–Crippen LogP) is 4.76. The number of benzene rings is 2. The monoisotopic (exact) mass is 556 g/mol. The van der Waals surface area contributed by atoms with Gasteiger partial charge in [0, 0.05) is 30.7 Å². The molecule has 1 aliphatic heterocycles. The molecule has 2 heterocycles. The Morgan fingerprint density at radius 1 is 1.17 bits per heavy atom. The van der Waals surface area contributed by atoms with E-state index >= 15 is 0 Å². The predicted molar refractivity (Wildman–Crippen MR) is 138 cm³/mol. The second-order valence-electron chi connectivity index (χ2n) is 8.48. The summed E-state index contributed by atoms with van der Waals surface area (Å²) in [7, 11) is -3.95. The molecule has 0 saturated carbocycles. The first-order chi connectivity index (χ1) is 17.1. The Balaban J connectivity index is 1.69. The van der Waals surface area contributed by atoms with Crippen LogP contribution in [0.1, 0.15) is 26.7 Å². The molecule has 4 rings (SSSR count). The number of amides is 1. The molecule has 7 nitrogen and oxygen atoms in total. The van der Waals surface area contributed by atoms with Gasteiger partial charge in [-0.2, -0.15) is 4.31 Å². The SMILES string of the molecule is CCN(CC)CCN(C(=O)C1CCCN1S(=O)(=O)c1ccc(Cl)cc1)c1nc2c(F)cc(F)cc2s1. The summed E-state index contributed by atoms with van der Waals surface area (Å²) >= 11 is 6.93. The number of rotatable bonds is 9. The maximum Gasteiger partial charge on any atom is 0.247 e. The van der Waals surface area contributed by atoms with Crippen molar-refractivity contribution in [1.82, 2.24) is 14.2 Å². The smallest absolute Gasteiger partial charge is 0.247 e. The van der Waals surface area contributed by atoms with Gasteiger partial charge in [-0.3, -0.25) is 9.69 Å². The van der Waals surface area contributed by atoms with Crippen LogP contribution in [0.3, 0.4) is 0 Å². The molecule has 2 aromatic carbocycles. The van der Waals surface area contributed by atoms with Gasteiger partial charge in [0.05, 0.1) is 9.60 Å². The summed E-state index contributed by atoms with van der Waals surface area (Å²) in [5.41, 5.74) is -0.0193. The Hall–Kier alpha value is -2.18. The van der Waals surface area contributed by atoms with Crippen LogP contribution in [-0.2, 0) is 14.8 Å². The number of thiazole rings is 1. The Morgan fingerprint density at radius 2 is 1.86 bits per heavy atom. The van der Waals surface area contributed by atoms with Gasteiger partial charge < -0.3 is 4.90 Å². The maximum atomic E-state index is 14.4. The van der Waals surface area contributed by atoms with Gasteiger partial charge in [0.1, 0.15) is 17.4 Å². The molecule has 1 aliphatic rings. The molecule has 0 radical (unpaired) electrons. The highest BCUT2D eigenvalue weighted by Crippen LogP contribution is 2.34. The minimum atomic E-state index is -3.95. The number of likely N-dealkylation sites (N-methyl/N-ethyl adjacent to an activating group) is 1. The number of anilines is 1. The number of carbonyl (C=O) groups excluding carboxylic acids is 1. The second kappa shape index (κ2) is 11.1. The van der Waals surface area contributed by atoms with E-state index in [-0.39, 0.29) is 33.3 Å². The number of nitrogens with zero attached hydrogens (tertiary/aromatic N) is 4. The molecule has 0 aliphatic carbocycles. The summed E-state index contributed by atoms with van der Waals surface area (Å²) in [6, 6.07) is 6.82. The molecule has 0 bridgehead atoms. The molecule has 1 aromatic heterocycles. The zero-order valence-electron chi connectivity index (χ0n) is 20.0. The van der Waals surface area contributed by atoms with Crippen LogP contribution in [0.5, 0.6) is 0 Å². The van der Waals surface area contributed by atoms with Crippen molar-refractivity contribution in [3.05, 3.63) is 53.1 Å². The fourth-order valence-electron chi connectivity index (χ4n) is 4.34. The first kappa shape index (κ1) is 26.9. The summed E-state index contributed by atoms with van der Waals surface area (Å²) in [6.07, 6.45) is 0.869. The molecule has 1 amide bonds. The summed E-state index contributed by atoms with van der Waals surface area (Å²) in [5, 5.41) is 0.618. The van der Waals surface area contributed by atoms with Crippen LogP contribution in [-0.4, -0.2) is 67.3 Å². The van der Waals surface area contributed by atoms with E-state index < -0.39 is 33.6 Å². The zero-order valence-corrected chi connectivity index (χ0v) is 22.3. The molecule has 1 atom stereocenters. The Bertz CT molecular complexity index is 1350. The highest BCUT2D eigenvalue weighted by Gasteiger charge is 2.42. The van der Waals surface area contributed by atoms with Crippen molar-refractivity contribution >= 4 is 54.2 Å². The van der Waals surface area contributed by atoms with Crippen molar-refractivity contribution in [2.75, 3.05) is 37.6 Å². The molecule has 1 unspecified atom stereocenters. The molecule has 12 heteroatoms. The number of halogens is 3. The van der Waals surface area contributed by atoms with Crippen molar-refractivity contribution in [3.63, 3.8) is 0 Å². The van der Waals surface area contributed by atoms with Gasteiger partial charge in [0.15, 0.2) is 10.9 Å². The van der Waals surface area contributed by atoms with Crippen LogP contribution < -0.4 is 4.90 Å². The third-order valence-corrected chi connectivity index (χ3v) is 9.54. The van der Waals surface area contributed by atoms with Crippen LogP contribution in [0.2, 0.25) is 5.02 Å². The zero-order chi connectivity index (χ0) is 26.0. The van der Waals surface area contributed by atoms with Gasteiger partial charge in [0.2, 0.25) is 15.9 Å². The van der Waals surface area contributed by atoms with Gasteiger partial charge in [-0.1, -0.05) is 36.8 Å². The first-order valence-electron chi connectivity index (χ1n) is 11.7. The number of hydrogen-bond acceptors (Lipinski definition) is 6. The quantitative estimate of drug-likeness (QED) is 0.380. The highest BCUT2D eigenvalue weighted by atomic mass is 35.5. The third-order valence-electron chi connectivity index (χ3n) is 6.34. The molecule has 36 heavy (non-hydrogen) atoms. The molecule has 194 valence electrons. The average molecular weight is 557 g/mol. The van der Waals surface area contributed by atoms with E-state index in [1.807, 2.05) is 13.8 Å². The largest absolute Gasteiger partial charge is 0.302 e. The topological polar surface area (TPSA) is 73.8 Å². The van der Waals surface area contributed by atoms with Crippen molar-refractivity contribution in [2.45, 2.75) is 37.6 Å². The number of aromatic nitrogens is 1. The van der Waals surface area contributed by atoms with Crippen LogP contribution in [0.4, 0.5) is 13.9 Å². The average Bonchev–Trinajstić information content (AvgIpc) is 3.50. The molecular formula is C24H27ClF2N4O3S2. The van der Waals surface area contributed by atoms with E-state index in [0.717, 1.165) is 30.5 Å². The molecule has 0 spiro atoms. The fraction of sp³-hybridized carbons (Fsp3) is 0.417. The van der Waals surface area contributed by atoms with Crippen LogP contribution in [0.15, 0.2) is 41.3 Å². The van der Waals surface area contributed by atoms with E-state index in [4.69, 9.17) is 11.6 Å². The second-order valence-corrected chi connectivity index (χ2v) is 11.8. The lowest BCUT2D eigenvalue weighted by molar-refractivity contribution is -0.121. The lowest BCUT2D eigenvalue weighted by Gasteiger charge is -2.30. The van der Waals surface area contributed by atoms with E-state index in [0.29, 0.717) is 24.4 Å². The normalized spacial score (nSPS) is 16.8. The van der Waals surface area contributed by atoms with E-state index in [1.54, 1.807) is 0 Å². The van der Waals surface area contributed by atoms with E-state index in [9.17, 15) is 22.0 Å². The van der Waals surface area contributed by atoms with Crippen molar-refractivity contribution < 1.29 is 22.0 Å². The number of hydrogen-bond donors (Lipinski definition) is 0. The number of sulfonamides is 1. The van der Waals surface area contributed by atoms with Crippen LogP contribution in [0.25, 0.3) is 10.2 Å². The lowest BCUT2D eigenvalue weighted by atomic mass is 10.2. The fourth-order valence-corrected chi connectivity index (χ4v) is 7.15. The minimum Gasteiger partial charge on any atom is -0.302 e. The lowest BCUT2D eigenvalue weighted by Crippen LogP contribution is -2.49. The molecular weight excluding hydrogens is 530 g/mol. The Kier molecular flexibility index (Phi) is 8.25. The van der Waals surface area contributed by atoms with Crippen LogP contribution >= 0.6 is 22.9 Å². The Morgan fingerprint density at radius 3 is 2.53 bits per heavy atom. The van der Waals surface area contributed by atoms with Gasteiger partial charge in [-0.25, -0.2) is 22.2 Å². The van der Waals surface area contributed by atoms with Crippen LogP contribution in [0, 0.1) is 11.6 Å². The maximum absolute atomic E-state index is 14.4. The van der Waals surface area contributed by atoms with E-state index in [1.165, 1.54) is 39.5 Å². The summed E-state index contributed by atoms with van der Waals surface area (Å²) in [6.45, 7) is 6.48. The standard InChI is InChI=1S/C24H27ClF2N4O3S2/c1-3-29(4-2)12-13-30(24-28-22-19(27)14-17(26)15-21(22)35-24)23(32)20-6-5-11-31(20)36(33,34)18-9-7-16(25)8-10-18/h7-10,14-15,20H,3-6,11-13H2,1-2H3. The summed E-state index contributed by atoms with van der Waals surface area (Å²) in [5.74, 6) is -1.97. The molecule has 1 fully saturated rings. The van der Waals surface area contributed by atoms with E-state index in [2.05, 4.69) is 9.88 Å². The summed E-state index contributed by atoms with van der Waals surface area (Å²) < 4.78 is 56.5. The van der Waals surface area contributed by atoms with Gasteiger partial charge >= 0.3 is 0 Å².